The highest BCUT2D eigenvalue weighted by atomic mass is 32.2. The Balaban J connectivity index is 2.42. The summed E-state index contributed by atoms with van der Waals surface area (Å²) in [7, 11) is 0. The van der Waals surface area contributed by atoms with Crippen molar-refractivity contribution in [3.63, 3.8) is 0 Å². The van der Waals surface area contributed by atoms with Crippen molar-refractivity contribution in [1.29, 1.82) is 0 Å². The smallest absolute Gasteiger partial charge is 0.254 e. The van der Waals surface area contributed by atoms with Crippen LogP contribution in [0.5, 0.6) is 0 Å². The molecule has 0 radical (unpaired) electrons. The van der Waals surface area contributed by atoms with Crippen LogP contribution in [0.4, 0.5) is 0 Å². The lowest BCUT2D eigenvalue weighted by molar-refractivity contribution is -0.122. The second-order valence-electron chi connectivity index (χ2n) is 4.03. The van der Waals surface area contributed by atoms with E-state index in [1.807, 2.05) is 49.3 Å². The SMILES string of the molecule is CCN(CC)CC(=O)NN=Cc1ccc(SC)cc1. The Morgan fingerprint density at radius 1 is 1.32 bits per heavy atom. The summed E-state index contributed by atoms with van der Waals surface area (Å²) in [6.07, 6.45) is 3.70. The molecule has 0 saturated heterocycles. The summed E-state index contributed by atoms with van der Waals surface area (Å²) in [5.41, 5.74) is 3.52. The van der Waals surface area contributed by atoms with Gasteiger partial charge in [-0.3, -0.25) is 9.69 Å². The number of amides is 1. The molecule has 4 nitrogen and oxygen atoms in total. The van der Waals surface area contributed by atoms with Gasteiger partial charge in [0.25, 0.3) is 5.91 Å². The van der Waals surface area contributed by atoms with Crippen LogP contribution in [-0.4, -0.2) is 42.9 Å². The van der Waals surface area contributed by atoms with Gasteiger partial charge in [0.1, 0.15) is 0 Å². The van der Waals surface area contributed by atoms with Crippen molar-refractivity contribution in [3.05, 3.63) is 29.8 Å². The number of benzene rings is 1. The van der Waals surface area contributed by atoms with Crippen molar-refractivity contribution in [2.75, 3.05) is 25.9 Å². The number of nitrogens with one attached hydrogen (secondary N) is 1. The van der Waals surface area contributed by atoms with Crippen molar-refractivity contribution in [2.24, 2.45) is 5.10 Å². The molecule has 1 N–H and O–H groups in total. The van der Waals surface area contributed by atoms with Gasteiger partial charge in [-0.05, 0) is 37.0 Å². The van der Waals surface area contributed by atoms with Crippen molar-refractivity contribution < 1.29 is 4.79 Å². The number of carbonyl (C=O) groups is 1. The molecule has 1 rings (SSSR count). The van der Waals surface area contributed by atoms with Gasteiger partial charge in [0.15, 0.2) is 0 Å². The number of hydrazone groups is 1. The number of nitrogens with zero attached hydrogens (tertiary/aromatic N) is 2. The standard InChI is InChI=1S/C14H21N3OS/c1-4-17(5-2)11-14(18)16-15-10-12-6-8-13(19-3)9-7-12/h6-10H,4-5,11H2,1-3H3,(H,16,18). The maximum absolute atomic E-state index is 11.6. The van der Waals surface area contributed by atoms with Crippen LogP contribution in [0.3, 0.4) is 0 Å². The lowest BCUT2D eigenvalue weighted by Gasteiger charge is -2.15. The third-order valence-corrected chi connectivity index (χ3v) is 3.52. The average molecular weight is 279 g/mol. The first-order valence-electron chi connectivity index (χ1n) is 6.37. The third-order valence-electron chi connectivity index (χ3n) is 2.78. The van der Waals surface area contributed by atoms with Crippen LogP contribution in [0.1, 0.15) is 19.4 Å². The molecule has 0 atom stereocenters. The van der Waals surface area contributed by atoms with E-state index in [1.165, 1.54) is 4.90 Å². The monoisotopic (exact) mass is 279 g/mol. The lowest BCUT2D eigenvalue weighted by atomic mass is 10.2. The van der Waals surface area contributed by atoms with E-state index in [2.05, 4.69) is 10.5 Å². The van der Waals surface area contributed by atoms with Crippen molar-refractivity contribution in [2.45, 2.75) is 18.7 Å². The van der Waals surface area contributed by atoms with Gasteiger partial charge in [0, 0.05) is 4.90 Å². The largest absolute Gasteiger partial charge is 0.295 e. The summed E-state index contributed by atoms with van der Waals surface area (Å²) in [4.78, 5) is 14.8. The van der Waals surface area contributed by atoms with Crippen molar-refractivity contribution in [3.8, 4) is 0 Å². The van der Waals surface area contributed by atoms with Gasteiger partial charge < -0.3 is 0 Å². The van der Waals surface area contributed by atoms with E-state index in [0.717, 1.165) is 18.7 Å². The Kier molecular flexibility index (Phi) is 7.22. The van der Waals surface area contributed by atoms with Gasteiger partial charge in [0.05, 0.1) is 12.8 Å². The fourth-order valence-corrected chi connectivity index (χ4v) is 1.96. The summed E-state index contributed by atoms with van der Waals surface area (Å²) in [6.45, 7) is 6.18. The first-order valence-corrected chi connectivity index (χ1v) is 7.60. The summed E-state index contributed by atoms with van der Waals surface area (Å²) in [5.74, 6) is -0.0827. The minimum Gasteiger partial charge on any atom is -0.295 e. The zero-order valence-electron chi connectivity index (χ0n) is 11.7. The molecule has 0 saturated carbocycles. The zero-order valence-corrected chi connectivity index (χ0v) is 12.5. The molecule has 0 heterocycles. The third kappa shape index (κ3) is 5.89. The number of thioether (sulfide) groups is 1. The van der Waals surface area contributed by atoms with Crippen LogP contribution >= 0.6 is 11.8 Å². The summed E-state index contributed by atoms with van der Waals surface area (Å²) < 4.78 is 0. The fraction of sp³-hybridized carbons (Fsp3) is 0.429. The van der Waals surface area contributed by atoms with Crippen LogP contribution in [0, 0.1) is 0 Å². The second kappa shape index (κ2) is 8.72. The molecule has 5 heteroatoms. The molecule has 0 unspecified atom stereocenters. The van der Waals surface area contributed by atoms with E-state index in [-0.39, 0.29) is 5.91 Å². The van der Waals surface area contributed by atoms with Gasteiger partial charge in [-0.15, -0.1) is 11.8 Å². The lowest BCUT2D eigenvalue weighted by Crippen LogP contribution is -2.35. The highest BCUT2D eigenvalue weighted by molar-refractivity contribution is 7.98. The number of rotatable bonds is 7. The van der Waals surface area contributed by atoms with Crippen LogP contribution in [-0.2, 0) is 4.79 Å². The summed E-state index contributed by atoms with van der Waals surface area (Å²) in [5, 5.41) is 3.96. The van der Waals surface area contributed by atoms with E-state index in [9.17, 15) is 4.79 Å². The maximum atomic E-state index is 11.6. The van der Waals surface area contributed by atoms with Gasteiger partial charge in [-0.2, -0.15) is 5.10 Å². The molecule has 0 aromatic heterocycles. The van der Waals surface area contributed by atoms with E-state index in [4.69, 9.17) is 0 Å². The van der Waals surface area contributed by atoms with E-state index < -0.39 is 0 Å². The molecule has 0 aliphatic rings. The summed E-state index contributed by atoms with van der Waals surface area (Å²) in [6, 6.07) is 8.02. The topological polar surface area (TPSA) is 44.7 Å². The van der Waals surface area contributed by atoms with Crippen LogP contribution in [0.2, 0.25) is 0 Å². The Hall–Kier alpha value is -1.33. The van der Waals surface area contributed by atoms with Gasteiger partial charge >= 0.3 is 0 Å². The Morgan fingerprint density at radius 3 is 2.47 bits per heavy atom. The molecule has 0 aliphatic heterocycles. The minimum absolute atomic E-state index is 0.0827. The Labute approximate surface area is 119 Å². The summed E-state index contributed by atoms with van der Waals surface area (Å²) >= 11 is 1.70. The number of hydrogen-bond acceptors (Lipinski definition) is 4. The number of hydrogen-bond donors (Lipinski definition) is 1. The fourth-order valence-electron chi connectivity index (χ4n) is 1.55. The van der Waals surface area contributed by atoms with Crippen LogP contribution in [0.15, 0.2) is 34.3 Å². The van der Waals surface area contributed by atoms with Crippen molar-refractivity contribution in [1.82, 2.24) is 10.3 Å². The zero-order chi connectivity index (χ0) is 14.1. The van der Waals surface area contributed by atoms with Crippen LogP contribution < -0.4 is 5.43 Å². The molecule has 104 valence electrons. The predicted octanol–water partition coefficient (Wildman–Crippen LogP) is 2.20. The Bertz CT molecular complexity index is 413. The molecule has 1 aromatic carbocycles. The quantitative estimate of drug-likeness (QED) is 0.473. The molecular weight excluding hydrogens is 258 g/mol. The second-order valence-corrected chi connectivity index (χ2v) is 4.91. The van der Waals surface area contributed by atoms with E-state index in [1.54, 1.807) is 18.0 Å². The molecule has 0 fully saturated rings. The molecule has 1 amide bonds. The number of carbonyl (C=O) groups excluding carboxylic acids is 1. The van der Waals surface area contributed by atoms with Gasteiger partial charge in [0.2, 0.25) is 0 Å². The van der Waals surface area contributed by atoms with Gasteiger partial charge in [-0.25, -0.2) is 5.43 Å². The molecule has 1 aromatic rings. The first-order chi connectivity index (χ1) is 9.19. The molecular formula is C14H21N3OS. The maximum Gasteiger partial charge on any atom is 0.254 e. The highest BCUT2D eigenvalue weighted by Gasteiger charge is 2.05. The highest BCUT2D eigenvalue weighted by Crippen LogP contribution is 2.13. The van der Waals surface area contributed by atoms with Gasteiger partial charge in [-0.1, -0.05) is 26.0 Å². The van der Waals surface area contributed by atoms with E-state index >= 15 is 0 Å². The van der Waals surface area contributed by atoms with Crippen molar-refractivity contribution >= 4 is 23.9 Å². The molecule has 19 heavy (non-hydrogen) atoms. The van der Waals surface area contributed by atoms with E-state index in [0.29, 0.717) is 6.54 Å². The average Bonchev–Trinajstić information content (AvgIpc) is 2.45. The van der Waals surface area contributed by atoms with Crippen LogP contribution in [0.25, 0.3) is 0 Å². The molecule has 0 aliphatic carbocycles. The molecule has 0 bridgehead atoms. The number of likely N-dealkylation sites (N-methyl/N-ethyl adjacent to an activating group) is 1. The Morgan fingerprint density at radius 2 is 1.95 bits per heavy atom. The predicted molar refractivity (Wildman–Crippen MR) is 81.7 cm³/mol. The first kappa shape index (κ1) is 15.7. The molecule has 0 spiro atoms. The normalized spacial score (nSPS) is 11.2. The minimum atomic E-state index is -0.0827.